The number of carbonyl (C=O) groups excluding carboxylic acids is 1. The van der Waals surface area contributed by atoms with Crippen molar-refractivity contribution in [1.82, 2.24) is 4.90 Å². The van der Waals surface area contributed by atoms with Crippen LogP contribution in [0.3, 0.4) is 0 Å². The molecule has 1 aromatic rings. The Kier molecular flexibility index (Phi) is 4.76. The molecule has 1 aliphatic rings. The minimum absolute atomic E-state index is 0.214. The van der Waals surface area contributed by atoms with E-state index in [1.807, 2.05) is 19.1 Å². The lowest BCUT2D eigenvalue weighted by Crippen LogP contribution is -2.32. The molecule has 1 fully saturated rings. The topological polar surface area (TPSA) is 40.5 Å². The highest BCUT2D eigenvalue weighted by molar-refractivity contribution is 7.14. The van der Waals surface area contributed by atoms with Crippen LogP contribution in [0.25, 0.3) is 0 Å². The first-order valence-electron chi connectivity index (χ1n) is 7.07. The lowest BCUT2D eigenvalue weighted by atomic mass is 9.98. The molecular formula is C15H23NO2S. The van der Waals surface area contributed by atoms with Crippen molar-refractivity contribution in [3.05, 3.63) is 21.9 Å². The highest BCUT2D eigenvalue weighted by Crippen LogP contribution is 2.22. The third-order valence-corrected chi connectivity index (χ3v) is 5.08. The zero-order valence-corrected chi connectivity index (χ0v) is 12.6. The summed E-state index contributed by atoms with van der Waals surface area (Å²) in [6.45, 7) is 6.21. The molecule has 0 spiro atoms. The van der Waals surface area contributed by atoms with Crippen molar-refractivity contribution in [2.75, 3.05) is 19.6 Å². The number of nitrogens with zero attached hydrogens (tertiary/aromatic N) is 1. The van der Waals surface area contributed by atoms with Crippen LogP contribution in [0.4, 0.5) is 0 Å². The molecule has 19 heavy (non-hydrogen) atoms. The first kappa shape index (κ1) is 14.7. The summed E-state index contributed by atoms with van der Waals surface area (Å²) in [5, 5.41) is 10.0. The Hall–Kier alpha value is -0.710. The second-order valence-corrected chi connectivity index (χ2v) is 6.84. The SMILES string of the molecule is CCc1ccc(C(=O)CN2CCCC(C)(O)CC2)s1. The third kappa shape index (κ3) is 4.13. The molecule has 1 saturated heterocycles. The number of likely N-dealkylation sites (tertiary alicyclic amines) is 1. The highest BCUT2D eigenvalue weighted by Gasteiger charge is 2.26. The van der Waals surface area contributed by atoms with E-state index in [1.54, 1.807) is 11.3 Å². The number of Topliss-reactive ketones (excluding diaryl/α,β-unsaturated/α-hetero) is 1. The standard InChI is InChI=1S/C15H23NO2S/c1-3-12-5-6-14(19-12)13(17)11-16-9-4-7-15(2,18)8-10-16/h5-6,18H,3-4,7-11H2,1-2H3. The van der Waals surface area contributed by atoms with Gasteiger partial charge in [-0.2, -0.15) is 0 Å². The van der Waals surface area contributed by atoms with Crippen LogP contribution >= 0.6 is 11.3 Å². The summed E-state index contributed by atoms with van der Waals surface area (Å²) in [4.78, 5) is 16.5. The van der Waals surface area contributed by atoms with Crippen molar-refractivity contribution in [1.29, 1.82) is 0 Å². The summed E-state index contributed by atoms with van der Waals surface area (Å²) < 4.78 is 0. The van der Waals surface area contributed by atoms with Gasteiger partial charge in [0, 0.05) is 11.4 Å². The Bertz CT molecular complexity index is 439. The van der Waals surface area contributed by atoms with Crippen molar-refractivity contribution in [2.45, 2.75) is 45.1 Å². The van der Waals surface area contributed by atoms with E-state index in [0.717, 1.165) is 43.6 Å². The van der Waals surface area contributed by atoms with Gasteiger partial charge in [-0.3, -0.25) is 9.69 Å². The van der Waals surface area contributed by atoms with Gasteiger partial charge in [-0.1, -0.05) is 6.92 Å². The number of ketones is 1. The minimum Gasteiger partial charge on any atom is -0.390 e. The molecule has 2 rings (SSSR count). The lowest BCUT2D eigenvalue weighted by Gasteiger charge is -2.21. The van der Waals surface area contributed by atoms with Crippen LogP contribution in [0.2, 0.25) is 0 Å². The predicted octanol–water partition coefficient (Wildman–Crippen LogP) is 2.73. The van der Waals surface area contributed by atoms with E-state index in [4.69, 9.17) is 0 Å². The van der Waals surface area contributed by atoms with Crippen LogP contribution in [0.5, 0.6) is 0 Å². The van der Waals surface area contributed by atoms with E-state index in [0.29, 0.717) is 6.54 Å². The molecule has 106 valence electrons. The number of rotatable bonds is 4. The molecule has 0 radical (unpaired) electrons. The number of carbonyl (C=O) groups is 1. The van der Waals surface area contributed by atoms with Gasteiger partial charge in [-0.05, 0) is 51.3 Å². The number of aliphatic hydroxyl groups is 1. The molecule has 1 N–H and O–H groups in total. The van der Waals surface area contributed by atoms with E-state index in [2.05, 4.69) is 11.8 Å². The smallest absolute Gasteiger partial charge is 0.186 e. The summed E-state index contributed by atoms with van der Waals surface area (Å²) in [7, 11) is 0. The van der Waals surface area contributed by atoms with Gasteiger partial charge in [0.25, 0.3) is 0 Å². The maximum absolute atomic E-state index is 12.2. The Labute approximate surface area is 119 Å². The Morgan fingerprint density at radius 2 is 2.21 bits per heavy atom. The first-order chi connectivity index (χ1) is 9.00. The molecule has 0 aliphatic carbocycles. The summed E-state index contributed by atoms with van der Waals surface area (Å²) >= 11 is 1.61. The van der Waals surface area contributed by atoms with E-state index < -0.39 is 5.60 Å². The predicted molar refractivity (Wildman–Crippen MR) is 78.9 cm³/mol. The summed E-state index contributed by atoms with van der Waals surface area (Å²) in [6.07, 6.45) is 3.54. The van der Waals surface area contributed by atoms with Crippen molar-refractivity contribution in [3.63, 3.8) is 0 Å². The quantitative estimate of drug-likeness (QED) is 0.863. The summed E-state index contributed by atoms with van der Waals surface area (Å²) in [5.41, 5.74) is -0.559. The zero-order chi connectivity index (χ0) is 13.9. The fourth-order valence-corrected chi connectivity index (χ4v) is 3.35. The third-order valence-electron chi connectivity index (χ3n) is 3.81. The molecular weight excluding hydrogens is 258 g/mol. The first-order valence-corrected chi connectivity index (χ1v) is 7.88. The number of hydrogen-bond acceptors (Lipinski definition) is 4. The van der Waals surface area contributed by atoms with E-state index in [-0.39, 0.29) is 5.78 Å². The Morgan fingerprint density at radius 1 is 1.42 bits per heavy atom. The molecule has 1 aliphatic heterocycles. The average Bonchev–Trinajstić information content (AvgIpc) is 2.78. The second-order valence-electron chi connectivity index (χ2n) is 5.67. The molecule has 0 amide bonds. The van der Waals surface area contributed by atoms with Crippen LogP contribution in [0.1, 0.15) is 47.7 Å². The summed E-state index contributed by atoms with van der Waals surface area (Å²) in [6, 6.07) is 3.99. The van der Waals surface area contributed by atoms with Gasteiger partial charge in [0.05, 0.1) is 17.0 Å². The van der Waals surface area contributed by atoms with Crippen LogP contribution < -0.4 is 0 Å². The largest absolute Gasteiger partial charge is 0.390 e. The molecule has 0 bridgehead atoms. The number of aryl methyl sites for hydroxylation is 1. The molecule has 3 nitrogen and oxygen atoms in total. The van der Waals surface area contributed by atoms with Crippen molar-refractivity contribution in [2.24, 2.45) is 0 Å². The molecule has 4 heteroatoms. The monoisotopic (exact) mass is 281 g/mol. The van der Waals surface area contributed by atoms with Crippen LogP contribution in [-0.4, -0.2) is 41.0 Å². The fourth-order valence-electron chi connectivity index (χ4n) is 2.48. The van der Waals surface area contributed by atoms with E-state index in [9.17, 15) is 9.90 Å². The Morgan fingerprint density at radius 3 is 2.89 bits per heavy atom. The molecule has 2 heterocycles. The van der Waals surface area contributed by atoms with Crippen molar-refractivity contribution in [3.8, 4) is 0 Å². The van der Waals surface area contributed by atoms with E-state index in [1.165, 1.54) is 4.88 Å². The highest BCUT2D eigenvalue weighted by atomic mass is 32.1. The summed E-state index contributed by atoms with van der Waals surface area (Å²) in [5.74, 6) is 0.214. The van der Waals surface area contributed by atoms with Crippen LogP contribution in [0, 0.1) is 0 Å². The van der Waals surface area contributed by atoms with E-state index >= 15 is 0 Å². The van der Waals surface area contributed by atoms with Gasteiger partial charge in [0.1, 0.15) is 0 Å². The maximum atomic E-state index is 12.2. The molecule has 1 unspecified atom stereocenters. The number of hydrogen-bond donors (Lipinski definition) is 1. The van der Waals surface area contributed by atoms with Gasteiger partial charge in [0.15, 0.2) is 5.78 Å². The van der Waals surface area contributed by atoms with Gasteiger partial charge in [-0.25, -0.2) is 0 Å². The van der Waals surface area contributed by atoms with Crippen LogP contribution in [-0.2, 0) is 6.42 Å². The molecule has 0 saturated carbocycles. The normalized spacial score (nSPS) is 25.2. The van der Waals surface area contributed by atoms with Gasteiger partial charge in [0.2, 0.25) is 0 Å². The van der Waals surface area contributed by atoms with Crippen LogP contribution in [0.15, 0.2) is 12.1 Å². The average molecular weight is 281 g/mol. The van der Waals surface area contributed by atoms with Gasteiger partial charge in [-0.15, -0.1) is 11.3 Å². The lowest BCUT2D eigenvalue weighted by molar-refractivity contribution is 0.0444. The maximum Gasteiger partial charge on any atom is 0.186 e. The van der Waals surface area contributed by atoms with Crippen molar-refractivity contribution < 1.29 is 9.90 Å². The number of thiophene rings is 1. The fraction of sp³-hybridized carbons (Fsp3) is 0.667. The van der Waals surface area contributed by atoms with Gasteiger partial charge >= 0.3 is 0 Å². The van der Waals surface area contributed by atoms with Crippen molar-refractivity contribution >= 4 is 17.1 Å². The minimum atomic E-state index is -0.559. The molecule has 1 aromatic heterocycles. The molecule has 0 aromatic carbocycles. The zero-order valence-electron chi connectivity index (χ0n) is 11.8. The second kappa shape index (κ2) is 6.16. The van der Waals surface area contributed by atoms with Gasteiger partial charge < -0.3 is 5.11 Å². The Balaban J connectivity index is 1.91. The molecule has 1 atom stereocenters.